The zero-order valence-electron chi connectivity index (χ0n) is 11.4. The number of carbonyl (C=O) groups is 1. The zero-order chi connectivity index (χ0) is 12.5. The van der Waals surface area contributed by atoms with Crippen LogP contribution in [0, 0.1) is 5.92 Å². The molecule has 2 N–H and O–H groups in total. The van der Waals surface area contributed by atoms with Crippen LogP contribution in [0.2, 0.25) is 0 Å². The van der Waals surface area contributed by atoms with Crippen molar-refractivity contribution in [3.8, 4) is 0 Å². The van der Waals surface area contributed by atoms with Crippen LogP contribution in [0.3, 0.4) is 0 Å². The molecule has 0 saturated carbocycles. The van der Waals surface area contributed by atoms with Gasteiger partial charge in [-0.05, 0) is 13.0 Å². The molecule has 1 aliphatic rings. The van der Waals surface area contributed by atoms with Crippen LogP contribution in [0.1, 0.15) is 13.3 Å². The fraction of sp³-hybridized carbons (Fsp3) is 0.917. The Kier molecular flexibility index (Phi) is 10.3. The van der Waals surface area contributed by atoms with E-state index in [-0.39, 0.29) is 24.2 Å². The Labute approximate surface area is 116 Å². The van der Waals surface area contributed by atoms with Crippen LogP contribution in [0.5, 0.6) is 0 Å². The van der Waals surface area contributed by atoms with E-state index in [9.17, 15) is 4.79 Å². The molecule has 1 saturated heterocycles. The molecule has 18 heavy (non-hydrogen) atoms. The fourth-order valence-corrected chi connectivity index (χ4v) is 1.95. The first-order valence-electron chi connectivity index (χ1n) is 6.43. The van der Waals surface area contributed by atoms with Gasteiger partial charge in [-0.2, -0.15) is 0 Å². The fourth-order valence-electron chi connectivity index (χ4n) is 1.95. The van der Waals surface area contributed by atoms with Crippen molar-refractivity contribution in [2.45, 2.75) is 13.3 Å². The highest BCUT2D eigenvalue weighted by atomic mass is 35.5. The highest BCUT2D eigenvalue weighted by molar-refractivity contribution is 5.85. The Hall–Kier alpha value is -0.360. The molecular formula is C12H26ClN3O2. The molecule has 1 rings (SSSR count). The molecule has 1 amide bonds. The molecule has 1 atom stereocenters. The van der Waals surface area contributed by atoms with E-state index in [1.54, 1.807) is 7.11 Å². The first-order valence-corrected chi connectivity index (χ1v) is 6.43. The lowest BCUT2D eigenvalue weighted by Gasteiger charge is -2.27. The second-order valence-electron chi connectivity index (χ2n) is 4.59. The van der Waals surface area contributed by atoms with Crippen molar-refractivity contribution in [1.82, 2.24) is 15.5 Å². The Morgan fingerprint density at radius 1 is 1.44 bits per heavy atom. The lowest BCUT2D eigenvalue weighted by atomic mass is 10.2. The SMILES string of the molecule is COCC(C)C(=O)NCCCN1CCNCC1.Cl. The van der Waals surface area contributed by atoms with E-state index < -0.39 is 0 Å². The summed E-state index contributed by atoms with van der Waals surface area (Å²) in [6, 6.07) is 0. The maximum atomic E-state index is 11.6. The van der Waals surface area contributed by atoms with Crippen molar-refractivity contribution >= 4 is 18.3 Å². The Balaban J connectivity index is 0.00000289. The van der Waals surface area contributed by atoms with Gasteiger partial charge in [0.25, 0.3) is 0 Å². The summed E-state index contributed by atoms with van der Waals surface area (Å²) in [4.78, 5) is 14.0. The van der Waals surface area contributed by atoms with E-state index in [1.165, 1.54) is 0 Å². The summed E-state index contributed by atoms with van der Waals surface area (Å²) in [5, 5.41) is 6.27. The van der Waals surface area contributed by atoms with Gasteiger partial charge in [-0.1, -0.05) is 6.92 Å². The number of rotatable bonds is 7. The minimum atomic E-state index is -0.0563. The monoisotopic (exact) mass is 279 g/mol. The summed E-state index contributed by atoms with van der Waals surface area (Å²) in [7, 11) is 1.62. The Bertz CT molecular complexity index is 223. The average Bonchev–Trinajstić information content (AvgIpc) is 2.36. The number of carbonyl (C=O) groups excluding carboxylic acids is 1. The molecule has 5 nitrogen and oxygen atoms in total. The van der Waals surface area contributed by atoms with E-state index in [2.05, 4.69) is 15.5 Å². The van der Waals surface area contributed by atoms with Crippen molar-refractivity contribution in [3.63, 3.8) is 0 Å². The Morgan fingerprint density at radius 3 is 2.72 bits per heavy atom. The molecule has 0 spiro atoms. The maximum Gasteiger partial charge on any atom is 0.225 e. The average molecular weight is 280 g/mol. The molecule has 0 aliphatic carbocycles. The minimum Gasteiger partial charge on any atom is -0.384 e. The number of nitrogens with one attached hydrogen (secondary N) is 2. The molecule has 1 fully saturated rings. The molecule has 1 heterocycles. The third kappa shape index (κ3) is 7.16. The Morgan fingerprint density at radius 2 is 2.11 bits per heavy atom. The predicted octanol–water partition coefficient (Wildman–Crippen LogP) is 0.102. The van der Waals surface area contributed by atoms with Gasteiger partial charge in [-0.25, -0.2) is 0 Å². The van der Waals surface area contributed by atoms with Gasteiger partial charge in [0.05, 0.1) is 12.5 Å². The molecule has 6 heteroatoms. The number of piperazine rings is 1. The topological polar surface area (TPSA) is 53.6 Å². The molecule has 108 valence electrons. The van der Waals surface area contributed by atoms with Gasteiger partial charge in [-0.3, -0.25) is 4.79 Å². The highest BCUT2D eigenvalue weighted by Gasteiger charge is 2.12. The van der Waals surface area contributed by atoms with E-state index in [4.69, 9.17) is 4.74 Å². The second-order valence-corrected chi connectivity index (χ2v) is 4.59. The molecule has 0 aromatic heterocycles. The van der Waals surface area contributed by atoms with Crippen LogP contribution >= 0.6 is 12.4 Å². The van der Waals surface area contributed by atoms with Gasteiger partial charge < -0.3 is 20.3 Å². The summed E-state index contributed by atoms with van der Waals surface area (Å²) in [6.45, 7) is 8.60. The van der Waals surface area contributed by atoms with E-state index in [0.29, 0.717) is 6.61 Å². The largest absolute Gasteiger partial charge is 0.384 e. The summed E-state index contributed by atoms with van der Waals surface area (Å²) in [5.41, 5.74) is 0. The third-order valence-electron chi connectivity index (χ3n) is 3.02. The number of nitrogens with zero attached hydrogens (tertiary/aromatic N) is 1. The van der Waals surface area contributed by atoms with Crippen LogP contribution < -0.4 is 10.6 Å². The summed E-state index contributed by atoms with van der Waals surface area (Å²) in [6.07, 6.45) is 1.02. The second kappa shape index (κ2) is 10.6. The first kappa shape index (κ1) is 17.6. The molecule has 0 aromatic rings. The standard InChI is InChI=1S/C12H25N3O2.ClH/c1-11(10-17-2)12(16)14-4-3-7-15-8-5-13-6-9-15;/h11,13H,3-10H2,1-2H3,(H,14,16);1H. The number of halogens is 1. The molecule has 1 unspecified atom stereocenters. The third-order valence-corrected chi connectivity index (χ3v) is 3.02. The van der Waals surface area contributed by atoms with Crippen molar-refractivity contribution in [3.05, 3.63) is 0 Å². The van der Waals surface area contributed by atoms with Crippen LogP contribution in [-0.2, 0) is 9.53 Å². The van der Waals surface area contributed by atoms with Crippen molar-refractivity contribution < 1.29 is 9.53 Å². The molecule has 0 aromatic carbocycles. The van der Waals surface area contributed by atoms with Gasteiger partial charge in [0.2, 0.25) is 5.91 Å². The zero-order valence-corrected chi connectivity index (χ0v) is 12.2. The van der Waals surface area contributed by atoms with Gasteiger partial charge in [0, 0.05) is 39.8 Å². The van der Waals surface area contributed by atoms with Gasteiger partial charge in [-0.15, -0.1) is 12.4 Å². The van der Waals surface area contributed by atoms with Crippen LogP contribution in [-0.4, -0.2) is 63.8 Å². The smallest absolute Gasteiger partial charge is 0.225 e. The number of hydrogen-bond acceptors (Lipinski definition) is 4. The number of ether oxygens (including phenoxy) is 1. The van der Waals surface area contributed by atoms with Crippen LogP contribution in [0.4, 0.5) is 0 Å². The maximum absolute atomic E-state index is 11.6. The lowest BCUT2D eigenvalue weighted by molar-refractivity contribution is -0.125. The van der Waals surface area contributed by atoms with Crippen molar-refractivity contribution in [1.29, 1.82) is 0 Å². The number of hydrogen-bond donors (Lipinski definition) is 2. The first-order chi connectivity index (χ1) is 8.24. The van der Waals surface area contributed by atoms with Gasteiger partial charge in [0.1, 0.15) is 0 Å². The quantitative estimate of drug-likeness (QED) is 0.649. The van der Waals surface area contributed by atoms with E-state index >= 15 is 0 Å². The normalized spacial score (nSPS) is 17.9. The number of methoxy groups -OCH3 is 1. The molecule has 0 bridgehead atoms. The van der Waals surface area contributed by atoms with E-state index in [0.717, 1.165) is 45.7 Å². The minimum absolute atomic E-state index is 0. The molecule has 1 aliphatic heterocycles. The summed E-state index contributed by atoms with van der Waals surface area (Å²) >= 11 is 0. The van der Waals surface area contributed by atoms with Gasteiger partial charge >= 0.3 is 0 Å². The van der Waals surface area contributed by atoms with Crippen molar-refractivity contribution in [2.75, 3.05) is 53.0 Å². The summed E-state index contributed by atoms with van der Waals surface area (Å²) < 4.78 is 4.95. The van der Waals surface area contributed by atoms with Crippen LogP contribution in [0.15, 0.2) is 0 Å². The molecular weight excluding hydrogens is 254 g/mol. The number of amides is 1. The van der Waals surface area contributed by atoms with E-state index in [1.807, 2.05) is 6.92 Å². The van der Waals surface area contributed by atoms with Crippen molar-refractivity contribution in [2.24, 2.45) is 5.92 Å². The van der Waals surface area contributed by atoms with Gasteiger partial charge in [0.15, 0.2) is 0 Å². The van der Waals surface area contributed by atoms with Crippen LogP contribution in [0.25, 0.3) is 0 Å². The lowest BCUT2D eigenvalue weighted by Crippen LogP contribution is -2.44. The molecule has 0 radical (unpaired) electrons. The summed E-state index contributed by atoms with van der Waals surface area (Å²) in [5.74, 6) is 0.0337. The highest BCUT2D eigenvalue weighted by Crippen LogP contribution is 1.96. The predicted molar refractivity (Wildman–Crippen MR) is 75.2 cm³/mol.